The van der Waals surface area contributed by atoms with E-state index in [1.54, 1.807) is 0 Å². The van der Waals surface area contributed by atoms with Crippen molar-refractivity contribution >= 4 is 40.1 Å². The summed E-state index contributed by atoms with van der Waals surface area (Å²) in [6.45, 7) is 0.515. The number of benzene rings is 2. The number of hydrogen-bond donors (Lipinski definition) is 2. The number of anilines is 1. The van der Waals surface area contributed by atoms with Crippen LogP contribution in [0.25, 0.3) is 10.9 Å². The molecule has 3 aromatic rings. The average molecular weight is 373 g/mol. The number of halogens is 1. The Kier molecular flexibility index (Phi) is 5.14. The second-order valence-electron chi connectivity index (χ2n) is 5.70. The minimum absolute atomic E-state index is 0.0608. The van der Waals surface area contributed by atoms with Crippen LogP contribution in [0.1, 0.15) is 16.8 Å². The van der Waals surface area contributed by atoms with Gasteiger partial charge in [0, 0.05) is 30.7 Å². The number of rotatable bonds is 6. The van der Waals surface area contributed by atoms with E-state index in [9.17, 15) is 9.59 Å². The lowest BCUT2D eigenvalue weighted by Gasteiger charge is -2.12. The Labute approximate surface area is 154 Å². The molecule has 26 heavy (non-hydrogen) atoms. The van der Waals surface area contributed by atoms with E-state index in [2.05, 4.69) is 5.32 Å². The predicted molar refractivity (Wildman–Crippen MR) is 100 cm³/mol. The molecule has 2 aromatic carbocycles. The van der Waals surface area contributed by atoms with E-state index >= 15 is 0 Å². The van der Waals surface area contributed by atoms with Crippen LogP contribution in [0.4, 0.5) is 5.69 Å². The lowest BCUT2D eigenvalue weighted by molar-refractivity contribution is -0.116. The lowest BCUT2D eigenvalue weighted by Crippen LogP contribution is -2.15. The summed E-state index contributed by atoms with van der Waals surface area (Å²) in [6, 6.07) is 12.6. The number of methoxy groups -OCH3 is 1. The number of amides is 1. The highest BCUT2D eigenvalue weighted by molar-refractivity contribution is 6.34. The minimum Gasteiger partial charge on any atom is -0.496 e. The molecule has 1 heterocycles. The van der Waals surface area contributed by atoms with Crippen molar-refractivity contribution in [1.29, 1.82) is 0 Å². The van der Waals surface area contributed by atoms with Crippen molar-refractivity contribution in [2.24, 2.45) is 0 Å². The fourth-order valence-electron chi connectivity index (χ4n) is 2.76. The highest BCUT2D eigenvalue weighted by Crippen LogP contribution is 2.31. The van der Waals surface area contributed by atoms with Gasteiger partial charge in [-0.1, -0.05) is 29.8 Å². The second kappa shape index (κ2) is 7.49. The summed E-state index contributed by atoms with van der Waals surface area (Å²) in [5.41, 5.74) is 1.32. The first-order valence-corrected chi connectivity index (χ1v) is 8.32. The van der Waals surface area contributed by atoms with Gasteiger partial charge in [0.1, 0.15) is 11.3 Å². The molecule has 6 nitrogen and oxygen atoms in total. The van der Waals surface area contributed by atoms with Crippen LogP contribution in [-0.4, -0.2) is 28.7 Å². The maximum atomic E-state index is 12.3. The number of aromatic carboxylic acids is 1. The molecule has 1 amide bonds. The third-order valence-electron chi connectivity index (χ3n) is 4.05. The van der Waals surface area contributed by atoms with Gasteiger partial charge in [0.2, 0.25) is 5.91 Å². The number of carboxylic acids is 1. The van der Waals surface area contributed by atoms with Gasteiger partial charge in [-0.3, -0.25) is 4.79 Å². The molecule has 7 heteroatoms. The van der Waals surface area contributed by atoms with Crippen LogP contribution in [0.5, 0.6) is 5.75 Å². The quantitative estimate of drug-likeness (QED) is 0.684. The van der Waals surface area contributed by atoms with E-state index < -0.39 is 5.97 Å². The molecule has 0 aliphatic carbocycles. The van der Waals surface area contributed by atoms with Crippen LogP contribution in [0.3, 0.4) is 0 Å². The van der Waals surface area contributed by atoms with E-state index in [-0.39, 0.29) is 28.7 Å². The standard InChI is InChI=1S/C19H17ClN2O4/c1-26-17-11-15(14(20)10-13(17)19(24)25)21-18(23)7-9-22-8-6-12-4-2-3-5-16(12)22/h2-6,8,10-11H,7,9H2,1H3,(H,21,23)(H,24,25). The maximum absolute atomic E-state index is 12.3. The van der Waals surface area contributed by atoms with E-state index in [4.69, 9.17) is 21.4 Å². The highest BCUT2D eigenvalue weighted by Gasteiger charge is 2.16. The Balaban J connectivity index is 1.71. The van der Waals surface area contributed by atoms with Gasteiger partial charge < -0.3 is 19.7 Å². The first-order chi connectivity index (χ1) is 12.5. The largest absolute Gasteiger partial charge is 0.496 e. The van der Waals surface area contributed by atoms with Crippen molar-refractivity contribution in [3.8, 4) is 5.75 Å². The summed E-state index contributed by atoms with van der Waals surface area (Å²) >= 11 is 6.09. The molecule has 0 fully saturated rings. The molecule has 0 aliphatic rings. The molecule has 2 N–H and O–H groups in total. The number of hydrogen-bond acceptors (Lipinski definition) is 3. The lowest BCUT2D eigenvalue weighted by atomic mass is 10.1. The van der Waals surface area contributed by atoms with Gasteiger partial charge in [-0.2, -0.15) is 0 Å². The number of carbonyl (C=O) groups excluding carboxylic acids is 1. The van der Waals surface area contributed by atoms with Crippen LogP contribution in [-0.2, 0) is 11.3 Å². The van der Waals surface area contributed by atoms with E-state index in [0.717, 1.165) is 10.9 Å². The van der Waals surface area contributed by atoms with Crippen molar-refractivity contribution in [2.45, 2.75) is 13.0 Å². The number of carboxylic acid groups (broad SMARTS) is 1. The maximum Gasteiger partial charge on any atom is 0.339 e. The first kappa shape index (κ1) is 17.8. The van der Waals surface area contributed by atoms with Crippen molar-refractivity contribution in [2.75, 3.05) is 12.4 Å². The molecule has 1 aromatic heterocycles. The monoisotopic (exact) mass is 372 g/mol. The van der Waals surface area contributed by atoms with Gasteiger partial charge in [-0.15, -0.1) is 0 Å². The Morgan fingerprint density at radius 1 is 1.23 bits per heavy atom. The van der Waals surface area contributed by atoms with Crippen molar-refractivity contribution in [3.05, 3.63) is 59.2 Å². The fraction of sp³-hybridized carbons (Fsp3) is 0.158. The van der Waals surface area contributed by atoms with Crippen molar-refractivity contribution < 1.29 is 19.4 Å². The number of aryl methyl sites for hydroxylation is 1. The molecular formula is C19H17ClN2O4. The van der Waals surface area contributed by atoms with Crippen LogP contribution in [0.2, 0.25) is 5.02 Å². The number of fused-ring (bicyclic) bond motifs is 1. The van der Waals surface area contributed by atoms with Crippen LogP contribution < -0.4 is 10.1 Å². The van der Waals surface area contributed by atoms with Crippen molar-refractivity contribution in [3.63, 3.8) is 0 Å². The Bertz CT molecular complexity index is 981. The number of nitrogens with zero attached hydrogens (tertiary/aromatic N) is 1. The molecule has 0 aliphatic heterocycles. The average Bonchev–Trinajstić information content (AvgIpc) is 3.04. The predicted octanol–water partition coefficient (Wildman–Crippen LogP) is 4.03. The Morgan fingerprint density at radius 2 is 2.00 bits per heavy atom. The normalized spacial score (nSPS) is 10.7. The van der Waals surface area contributed by atoms with E-state index in [0.29, 0.717) is 12.2 Å². The SMILES string of the molecule is COc1cc(NC(=O)CCn2ccc3ccccc32)c(Cl)cc1C(=O)O. The molecule has 3 rings (SSSR count). The van der Waals surface area contributed by atoms with Gasteiger partial charge in [0.25, 0.3) is 0 Å². The van der Waals surface area contributed by atoms with Gasteiger partial charge in [0.15, 0.2) is 0 Å². The topological polar surface area (TPSA) is 80.6 Å². The highest BCUT2D eigenvalue weighted by atomic mass is 35.5. The van der Waals surface area contributed by atoms with E-state index in [1.807, 2.05) is 41.1 Å². The smallest absolute Gasteiger partial charge is 0.339 e. The van der Waals surface area contributed by atoms with Crippen LogP contribution >= 0.6 is 11.6 Å². The zero-order valence-electron chi connectivity index (χ0n) is 14.0. The zero-order chi connectivity index (χ0) is 18.7. The summed E-state index contributed by atoms with van der Waals surface area (Å²) in [5.74, 6) is -1.25. The summed E-state index contributed by atoms with van der Waals surface area (Å²) in [7, 11) is 1.36. The van der Waals surface area contributed by atoms with Crippen LogP contribution in [0.15, 0.2) is 48.7 Å². The molecule has 134 valence electrons. The molecule has 0 radical (unpaired) electrons. The number of para-hydroxylation sites is 1. The van der Waals surface area contributed by atoms with Crippen LogP contribution in [0, 0.1) is 0 Å². The molecule has 0 atom stereocenters. The molecule has 0 saturated heterocycles. The number of aromatic nitrogens is 1. The number of carbonyl (C=O) groups is 2. The van der Waals surface area contributed by atoms with E-state index in [1.165, 1.54) is 19.2 Å². The third-order valence-corrected chi connectivity index (χ3v) is 4.37. The summed E-state index contributed by atoms with van der Waals surface area (Å²) in [5, 5.41) is 13.1. The number of ether oxygens (including phenoxy) is 1. The molecular weight excluding hydrogens is 356 g/mol. The molecule has 0 saturated carbocycles. The van der Waals surface area contributed by atoms with Gasteiger partial charge in [-0.05, 0) is 23.6 Å². The van der Waals surface area contributed by atoms with Gasteiger partial charge in [-0.25, -0.2) is 4.79 Å². The second-order valence-corrected chi connectivity index (χ2v) is 6.11. The third kappa shape index (κ3) is 3.65. The Hall–Kier alpha value is -2.99. The fourth-order valence-corrected chi connectivity index (χ4v) is 2.97. The minimum atomic E-state index is -1.15. The Morgan fingerprint density at radius 3 is 2.73 bits per heavy atom. The summed E-state index contributed by atoms with van der Waals surface area (Å²) < 4.78 is 7.06. The van der Waals surface area contributed by atoms with Gasteiger partial charge in [0.05, 0.1) is 17.8 Å². The van der Waals surface area contributed by atoms with Gasteiger partial charge >= 0.3 is 5.97 Å². The number of nitrogens with one attached hydrogen (secondary N) is 1. The molecule has 0 spiro atoms. The zero-order valence-corrected chi connectivity index (χ0v) is 14.8. The summed E-state index contributed by atoms with van der Waals surface area (Å²) in [6.07, 6.45) is 2.19. The first-order valence-electron chi connectivity index (χ1n) is 7.94. The molecule has 0 bridgehead atoms. The van der Waals surface area contributed by atoms with Crippen molar-refractivity contribution in [1.82, 2.24) is 4.57 Å². The summed E-state index contributed by atoms with van der Waals surface area (Å²) in [4.78, 5) is 23.5. The molecule has 0 unspecified atom stereocenters.